The third-order valence-corrected chi connectivity index (χ3v) is 3.05. The topological polar surface area (TPSA) is 24.7 Å². The highest BCUT2D eigenvalue weighted by molar-refractivity contribution is 5.15. The monoisotopic (exact) mass is 134 g/mol. The average Bonchev–Trinajstić information content (AvgIpc) is 2.60. The van der Waals surface area contributed by atoms with E-state index >= 15 is 0 Å². The van der Waals surface area contributed by atoms with Crippen molar-refractivity contribution in [3.8, 4) is 0 Å². The first-order valence-corrected chi connectivity index (χ1v) is 4.02. The van der Waals surface area contributed by atoms with Gasteiger partial charge in [0.25, 0.3) is 0 Å². The second-order valence-electron chi connectivity index (χ2n) is 3.51. The minimum Gasteiger partial charge on any atom is -0.190 e. The van der Waals surface area contributed by atoms with Gasteiger partial charge in [-0.2, -0.15) is 10.2 Å². The molecule has 2 heteroatoms. The lowest BCUT2D eigenvalue weighted by molar-refractivity contribution is 0.390. The van der Waals surface area contributed by atoms with Crippen LogP contribution in [0.4, 0.5) is 0 Å². The highest BCUT2D eigenvalue weighted by Crippen LogP contribution is 2.46. The molecule has 0 saturated heterocycles. The molecule has 0 radical (unpaired) electrons. The number of nitrogens with zero attached hydrogens (tertiary/aromatic N) is 2. The Hall–Kier alpha value is -0.660. The number of allylic oxidation sites excluding steroid dienone is 1. The van der Waals surface area contributed by atoms with E-state index in [9.17, 15) is 0 Å². The zero-order valence-electron chi connectivity index (χ0n) is 5.77. The van der Waals surface area contributed by atoms with Crippen LogP contribution in [0.15, 0.2) is 22.4 Å². The molecule has 3 aliphatic rings. The Balaban J connectivity index is 2.04. The van der Waals surface area contributed by atoms with Crippen LogP contribution in [0, 0.1) is 11.8 Å². The van der Waals surface area contributed by atoms with E-state index in [1.54, 1.807) is 0 Å². The van der Waals surface area contributed by atoms with Crippen molar-refractivity contribution in [2.24, 2.45) is 22.1 Å². The molecular formula is C8H10N2. The summed E-state index contributed by atoms with van der Waals surface area (Å²) >= 11 is 0. The summed E-state index contributed by atoms with van der Waals surface area (Å²) in [4.78, 5) is 0. The van der Waals surface area contributed by atoms with Crippen molar-refractivity contribution in [1.82, 2.24) is 0 Å². The third kappa shape index (κ3) is 0.425. The first-order chi connectivity index (χ1) is 4.95. The van der Waals surface area contributed by atoms with Crippen molar-refractivity contribution in [2.75, 3.05) is 0 Å². The number of azo groups is 1. The number of rotatable bonds is 0. The minimum atomic E-state index is 0.564. The predicted molar refractivity (Wildman–Crippen MR) is 37.8 cm³/mol. The van der Waals surface area contributed by atoms with Crippen LogP contribution in [0.5, 0.6) is 0 Å². The van der Waals surface area contributed by atoms with Gasteiger partial charge in [-0.1, -0.05) is 12.2 Å². The summed E-state index contributed by atoms with van der Waals surface area (Å²) in [5, 5.41) is 8.45. The molecule has 4 atom stereocenters. The second-order valence-corrected chi connectivity index (χ2v) is 3.51. The van der Waals surface area contributed by atoms with Crippen LogP contribution >= 0.6 is 0 Å². The average molecular weight is 134 g/mol. The number of fused-ring (bicyclic) bond motifs is 5. The van der Waals surface area contributed by atoms with Crippen LogP contribution in [-0.4, -0.2) is 12.1 Å². The molecule has 2 bridgehead atoms. The summed E-state index contributed by atoms with van der Waals surface area (Å²) in [7, 11) is 0. The van der Waals surface area contributed by atoms with Gasteiger partial charge in [0.15, 0.2) is 0 Å². The van der Waals surface area contributed by atoms with Gasteiger partial charge in [-0.25, -0.2) is 0 Å². The van der Waals surface area contributed by atoms with Gasteiger partial charge in [0, 0.05) is 5.92 Å². The van der Waals surface area contributed by atoms with Crippen molar-refractivity contribution in [1.29, 1.82) is 0 Å². The van der Waals surface area contributed by atoms with E-state index in [1.807, 2.05) is 0 Å². The van der Waals surface area contributed by atoms with E-state index < -0.39 is 0 Å². The quantitative estimate of drug-likeness (QED) is 0.451. The standard InChI is InChI=1S/C8H10N2/c1-2-5-6(3-1)8-4-7(5)9-10-8/h1-2,5-8H,3-4H2. The van der Waals surface area contributed by atoms with Gasteiger partial charge < -0.3 is 0 Å². The Bertz CT molecular complexity index is 219. The van der Waals surface area contributed by atoms with E-state index in [2.05, 4.69) is 22.4 Å². The summed E-state index contributed by atoms with van der Waals surface area (Å²) < 4.78 is 0. The summed E-state index contributed by atoms with van der Waals surface area (Å²) in [6, 6.07) is 1.15. The Morgan fingerprint density at radius 2 is 2.10 bits per heavy atom. The summed E-state index contributed by atoms with van der Waals surface area (Å²) in [5.74, 6) is 1.60. The SMILES string of the molecule is C1=CC2C3CC(N=N3)C2C1. The van der Waals surface area contributed by atoms with E-state index in [-0.39, 0.29) is 0 Å². The largest absolute Gasteiger partial charge is 0.190 e. The molecule has 2 aliphatic carbocycles. The van der Waals surface area contributed by atoms with Crippen LogP contribution in [0.3, 0.4) is 0 Å². The molecule has 1 fully saturated rings. The molecule has 0 N–H and O–H groups in total. The Morgan fingerprint density at radius 3 is 3.00 bits per heavy atom. The van der Waals surface area contributed by atoms with E-state index in [0.717, 1.165) is 11.8 Å². The van der Waals surface area contributed by atoms with Crippen molar-refractivity contribution in [2.45, 2.75) is 24.9 Å². The van der Waals surface area contributed by atoms with Gasteiger partial charge in [0.2, 0.25) is 0 Å². The molecule has 1 heterocycles. The van der Waals surface area contributed by atoms with Crippen LogP contribution in [-0.2, 0) is 0 Å². The zero-order valence-corrected chi connectivity index (χ0v) is 5.77. The maximum absolute atomic E-state index is 4.23. The third-order valence-electron chi connectivity index (χ3n) is 3.05. The van der Waals surface area contributed by atoms with Crippen molar-refractivity contribution in [3.63, 3.8) is 0 Å². The molecule has 10 heavy (non-hydrogen) atoms. The van der Waals surface area contributed by atoms with E-state index in [4.69, 9.17) is 0 Å². The fraction of sp³-hybridized carbons (Fsp3) is 0.750. The van der Waals surface area contributed by atoms with Crippen molar-refractivity contribution >= 4 is 0 Å². The lowest BCUT2D eigenvalue weighted by Gasteiger charge is -2.17. The zero-order chi connectivity index (χ0) is 6.55. The second kappa shape index (κ2) is 1.49. The molecule has 0 aromatic rings. The van der Waals surface area contributed by atoms with Crippen molar-refractivity contribution in [3.05, 3.63) is 12.2 Å². The molecule has 1 saturated carbocycles. The lowest BCUT2D eigenvalue weighted by Crippen LogP contribution is -2.17. The lowest BCUT2D eigenvalue weighted by atomic mass is 9.95. The molecule has 1 aliphatic heterocycles. The minimum absolute atomic E-state index is 0.564. The van der Waals surface area contributed by atoms with Crippen LogP contribution in [0.1, 0.15) is 12.8 Å². The fourth-order valence-corrected chi connectivity index (χ4v) is 2.53. The molecule has 52 valence electrons. The number of hydrogen-bond donors (Lipinski definition) is 0. The van der Waals surface area contributed by atoms with Crippen LogP contribution < -0.4 is 0 Å². The van der Waals surface area contributed by atoms with Crippen LogP contribution in [0.2, 0.25) is 0 Å². The van der Waals surface area contributed by atoms with E-state index in [1.165, 1.54) is 12.8 Å². The molecule has 0 aromatic heterocycles. The van der Waals surface area contributed by atoms with Gasteiger partial charge >= 0.3 is 0 Å². The molecule has 0 amide bonds. The summed E-state index contributed by atoms with van der Waals surface area (Å²) in [5.41, 5.74) is 0. The molecule has 0 spiro atoms. The number of hydrogen-bond acceptors (Lipinski definition) is 2. The van der Waals surface area contributed by atoms with Gasteiger partial charge in [0.1, 0.15) is 0 Å². The Labute approximate surface area is 60.0 Å². The fourth-order valence-electron chi connectivity index (χ4n) is 2.53. The molecule has 2 nitrogen and oxygen atoms in total. The molecule has 3 rings (SSSR count). The molecular weight excluding hydrogens is 124 g/mol. The van der Waals surface area contributed by atoms with Crippen molar-refractivity contribution < 1.29 is 0 Å². The highest BCUT2D eigenvalue weighted by Gasteiger charge is 2.47. The van der Waals surface area contributed by atoms with Crippen LogP contribution in [0.25, 0.3) is 0 Å². The van der Waals surface area contributed by atoms with Gasteiger partial charge in [-0.3, -0.25) is 0 Å². The Morgan fingerprint density at radius 1 is 1.20 bits per heavy atom. The van der Waals surface area contributed by atoms with Gasteiger partial charge in [0.05, 0.1) is 12.1 Å². The predicted octanol–water partition coefficient (Wildman–Crippen LogP) is 1.79. The maximum Gasteiger partial charge on any atom is 0.0795 e. The normalized spacial score (nSPS) is 54.4. The highest BCUT2D eigenvalue weighted by atomic mass is 15.2. The maximum atomic E-state index is 4.23. The smallest absolute Gasteiger partial charge is 0.0795 e. The van der Waals surface area contributed by atoms with E-state index in [0.29, 0.717) is 12.1 Å². The summed E-state index contributed by atoms with van der Waals surface area (Å²) in [6.45, 7) is 0. The van der Waals surface area contributed by atoms with Gasteiger partial charge in [-0.15, -0.1) is 0 Å². The Kier molecular flexibility index (Phi) is 0.755. The summed E-state index contributed by atoms with van der Waals surface area (Å²) in [6.07, 6.45) is 7.13. The molecule has 4 unspecified atom stereocenters. The molecule has 0 aromatic carbocycles. The first-order valence-electron chi connectivity index (χ1n) is 4.02. The first kappa shape index (κ1) is 5.05. The van der Waals surface area contributed by atoms with Gasteiger partial charge in [-0.05, 0) is 18.8 Å².